The van der Waals surface area contributed by atoms with E-state index in [-0.39, 0.29) is 36.3 Å². The second-order valence-corrected chi connectivity index (χ2v) is 10.7. The van der Waals surface area contributed by atoms with E-state index in [4.69, 9.17) is 9.47 Å². The van der Waals surface area contributed by atoms with Crippen LogP contribution in [0, 0.1) is 5.92 Å². The number of hydrogen-bond donors (Lipinski definition) is 1. The Morgan fingerprint density at radius 2 is 1.83 bits per heavy atom. The first-order valence-corrected chi connectivity index (χ1v) is 12.7. The predicted octanol–water partition coefficient (Wildman–Crippen LogP) is 4.65. The Bertz CT molecular complexity index is 1330. The van der Waals surface area contributed by atoms with E-state index in [9.17, 15) is 9.59 Å². The van der Waals surface area contributed by atoms with Crippen molar-refractivity contribution in [2.75, 3.05) is 26.7 Å². The molecule has 3 heterocycles. The number of carbonyl (C=O) groups is 2. The molecule has 2 aromatic carbocycles. The molecule has 7 nitrogen and oxygen atoms in total. The van der Waals surface area contributed by atoms with Crippen molar-refractivity contribution in [3.8, 4) is 11.5 Å². The normalized spacial score (nSPS) is 21.8. The molecule has 36 heavy (non-hydrogen) atoms. The van der Waals surface area contributed by atoms with Gasteiger partial charge in [0, 0.05) is 29.9 Å². The highest BCUT2D eigenvalue weighted by Crippen LogP contribution is 2.49. The number of amides is 2. The number of para-hydroxylation sites is 1. The molecule has 3 aromatic rings. The maximum Gasteiger partial charge on any atom is 0.254 e. The summed E-state index contributed by atoms with van der Waals surface area (Å²) in [5.74, 6) is 1.43. The van der Waals surface area contributed by atoms with Gasteiger partial charge in [-0.1, -0.05) is 38.1 Å². The molecule has 2 aliphatic rings. The van der Waals surface area contributed by atoms with Gasteiger partial charge in [0.25, 0.3) is 5.91 Å². The van der Waals surface area contributed by atoms with E-state index in [1.807, 2.05) is 57.2 Å². The Hall–Kier alpha value is -3.48. The van der Waals surface area contributed by atoms with Crippen LogP contribution in [0.4, 0.5) is 0 Å². The molecule has 2 amide bonds. The van der Waals surface area contributed by atoms with Crippen LogP contribution >= 0.6 is 0 Å². The van der Waals surface area contributed by atoms with Crippen molar-refractivity contribution in [3.05, 3.63) is 59.3 Å². The largest absolute Gasteiger partial charge is 0.493 e. The summed E-state index contributed by atoms with van der Waals surface area (Å²) in [4.78, 5) is 34.6. The lowest BCUT2D eigenvalue weighted by Crippen LogP contribution is -2.67. The Labute approximate surface area is 212 Å². The van der Waals surface area contributed by atoms with Gasteiger partial charge in [0.2, 0.25) is 5.91 Å². The molecule has 190 valence electrons. The van der Waals surface area contributed by atoms with Gasteiger partial charge in [-0.15, -0.1) is 0 Å². The number of nitrogens with zero attached hydrogens (tertiary/aromatic N) is 2. The Kier molecular flexibility index (Phi) is 5.97. The van der Waals surface area contributed by atoms with Crippen molar-refractivity contribution in [1.29, 1.82) is 0 Å². The molecule has 0 bridgehead atoms. The van der Waals surface area contributed by atoms with Gasteiger partial charge in [-0.05, 0) is 56.0 Å². The molecule has 1 fully saturated rings. The van der Waals surface area contributed by atoms with Crippen molar-refractivity contribution in [2.24, 2.45) is 5.92 Å². The molecule has 1 saturated heterocycles. The number of nitrogens with one attached hydrogen (secondary N) is 1. The highest BCUT2D eigenvalue weighted by Gasteiger charge is 2.56. The number of carbonyl (C=O) groups excluding carboxylic acids is 2. The Morgan fingerprint density at radius 1 is 1.08 bits per heavy atom. The maximum absolute atomic E-state index is 14.0. The minimum absolute atomic E-state index is 0.0196. The zero-order chi connectivity index (χ0) is 25.8. The zero-order valence-electron chi connectivity index (χ0n) is 21.9. The van der Waals surface area contributed by atoms with E-state index in [0.29, 0.717) is 24.6 Å². The molecular weight excluding hydrogens is 454 g/mol. The lowest BCUT2D eigenvalue weighted by Gasteiger charge is -2.51. The number of rotatable bonds is 6. The fourth-order valence-corrected chi connectivity index (χ4v) is 5.82. The first-order chi connectivity index (χ1) is 17.1. The van der Waals surface area contributed by atoms with Crippen LogP contribution in [-0.2, 0) is 15.1 Å². The summed E-state index contributed by atoms with van der Waals surface area (Å²) in [5, 5.41) is 1.07. The summed E-state index contributed by atoms with van der Waals surface area (Å²) >= 11 is 0. The molecule has 0 saturated carbocycles. The molecule has 0 radical (unpaired) electrons. The third-order valence-corrected chi connectivity index (χ3v) is 7.36. The molecule has 1 aromatic heterocycles. The smallest absolute Gasteiger partial charge is 0.254 e. The van der Waals surface area contributed by atoms with Crippen molar-refractivity contribution in [3.63, 3.8) is 0 Å². The van der Waals surface area contributed by atoms with Gasteiger partial charge < -0.3 is 24.3 Å². The van der Waals surface area contributed by atoms with Gasteiger partial charge in [0.15, 0.2) is 17.0 Å². The van der Waals surface area contributed by atoms with Crippen LogP contribution in [0.1, 0.15) is 57.4 Å². The SMILES string of the molecule is COc1cc([C@@H]2CN3C(=O)CN(CC(C)C)C(=O)[C@]3(C)c3[nH]c4ccccc4c32)ccc1OC(C)C. The van der Waals surface area contributed by atoms with Gasteiger partial charge in [-0.2, -0.15) is 0 Å². The standard InChI is InChI=1S/C29H35N3O4/c1-17(2)14-31-16-25(33)32-15-21(19-11-12-23(36-18(3)4)24(13-19)35-6)26-20-9-7-8-10-22(20)30-27(26)29(32,5)28(31)34/h7-13,17-18,21,30H,14-16H2,1-6H3/t21-,29-/m0/s1. The molecular formula is C29H35N3O4. The number of H-pyrrole nitrogens is 1. The molecule has 0 aliphatic carbocycles. The fourth-order valence-electron chi connectivity index (χ4n) is 5.82. The number of piperazine rings is 1. The zero-order valence-corrected chi connectivity index (χ0v) is 21.9. The summed E-state index contributed by atoms with van der Waals surface area (Å²) in [7, 11) is 1.64. The highest BCUT2D eigenvalue weighted by atomic mass is 16.5. The first-order valence-electron chi connectivity index (χ1n) is 12.7. The van der Waals surface area contributed by atoms with Crippen molar-refractivity contribution in [2.45, 2.75) is 52.2 Å². The van der Waals surface area contributed by atoms with Gasteiger partial charge in [0.05, 0.1) is 25.5 Å². The second-order valence-electron chi connectivity index (χ2n) is 10.7. The number of aromatic nitrogens is 1. The van der Waals surface area contributed by atoms with Crippen LogP contribution in [0.2, 0.25) is 0 Å². The summed E-state index contributed by atoms with van der Waals surface area (Å²) in [6.45, 7) is 11.1. The number of ether oxygens (including phenoxy) is 2. The predicted molar refractivity (Wildman–Crippen MR) is 139 cm³/mol. The Morgan fingerprint density at radius 3 is 2.53 bits per heavy atom. The van der Waals surface area contributed by atoms with Gasteiger partial charge in [0.1, 0.15) is 0 Å². The summed E-state index contributed by atoms with van der Waals surface area (Å²) in [5.41, 5.74) is 2.76. The number of benzene rings is 2. The number of aromatic amines is 1. The maximum atomic E-state index is 14.0. The van der Waals surface area contributed by atoms with Crippen LogP contribution in [0.15, 0.2) is 42.5 Å². The second kappa shape index (κ2) is 8.87. The minimum Gasteiger partial charge on any atom is -0.493 e. The van der Waals surface area contributed by atoms with Crippen molar-refractivity contribution < 1.29 is 19.1 Å². The topological polar surface area (TPSA) is 74.9 Å². The van der Waals surface area contributed by atoms with Crippen molar-refractivity contribution in [1.82, 2.24) is 14.8 Å². The van der Waals surface area contributed by atoms with Crippen LogP contribution in [0.25, 0.3) is 10.9 Å². The molecule has 2 atom stereocenters. The van der Waals surface area contributed by atoms with Gasteiger partial charge >= 0.3 is 0 Å². The third kappa shape index (κ3) is 3.72. The van der Waals surface area contributed by atoms with Gasteiger partial charge in [-0.25, -0.2) is 0 Å². The quantitative estimate of drug-likeness (QED) is 0.547. The molecule has 7 heteroatoms. The van der Waals surface area contributed by atoms with E-state index in [0.717, 1.165) is 27.7 Å². The van der Waals surface area contributed by atoms with Crippen LogP contribution < -0.4 is 9.47 Å². The number of fused-ring (bicyclic) bond motifs is 5. The summed E-state index contributed by atoms with van der Waals surface area (Å²) < 4.78 is 11.6. The third-order valence-electron chi connectivity index (χ3n) is 7.36. The highest BCUT2D eigenvalue weighted by molar-refractivity contribution is 6.01. The van der Waals surface area contributed by atoms with E-state index in [2.05, 4.69) is 24.9 Å². The molecule has 0 spiro atoms. The van der Waals surface area contributed by atoms with E-state index >= 15 is 0 Å². The van der Waals surface area contributed by atoms with Gasteiger partial charge in [-0.3, -0.25) is 9.59 Å². The molecule has 1 N–H and O–H groups in total. The van der Waals surface area contributed by atoms with E-state index in [1.165, 1.54) is 0 Å². The molecule has 0 unspecified atom stereocenters. The summed E-state index contributed by atoms with van der Waals surface area (Å²) in [6, 6.07) is 14.1. The van der Waals surface area contributed by atoms with E-state index < -0.39 is 5.54 Å². The van der Waals surface area contributed by atoms with Crippen LogP contribution in [0.5, 0.6) is 11.5 Å². The minimum atomic E-state index is -1.08. The number of methoxy groups -OCH3 is 1. The lowest BCUT2D eigenvalue weighted by atomic mass is 9.76. The van der Waals surface area contributed by atoms with E-state index in [1.54, 1.807) is 16.9 Å². The average Bonchev–Trinajstić information content (AvgIpc) is 3.23. The monoisotopic (exact) mass is 489 g/mol. The molecule has 2 aliphatic heterocycles. The fraction of sp³-hybridized carbons (Fsp3) is 0.448. The van der Waals surface area contributed by atoms with Crippen molar-refractivity contribution >= 4 is 22.7 Å². The lowest BCUT2D eigenvalue weighted by molar-refractivity contribution is -0.166. The van der Waals surface area contributed by atoms with Crippen LogP contribution in [-0.4, -0.2) is 59.4 Å². The first kappa shape index (κ1) is 24.2. The number of hydrogen-bond acceptors (Lipinski definition) is 4. The summed E-state index contributed by atoms with van der Waals surface area (Å²) in [6.07, 6.45) is 0.0196. The average molecular weight is 490 g/mol. The molecule has 5 rings (SSSR count). The Balaban J connectivity index is 1.69. The van der Waals surface area contributed by atoms with Crippen LogP contribution in [0.3, 0.4) is 0 Å².